The number of nitrogen functional groups attached to an aromatic ring is 1. The molecule has 0 spiro atoms. The molecule has 3 N–H and O–H groups in total. The summed E-state index contributed by atoms with van der Waals surface area (Å²) in [6.45, 7) is 2.85. The van der Waals surface area contributed by atoms with E-state index < -0.39 is 0 Å². The van der Waals surface area contributed by atoms with Gasteiger partial charge in [0.15, 0.2) is 0 Å². The third-order valence-corrected chi connectivity index (χ3v) is 2.79. The third-order valence-electron chi connectivity index (χ3n) is 2.79. The SMILES string of the molecule is CC(NCc1ccccc1N)c1ccccn1. The van der Waals surface area contributed by atoms with E-state index in [1.807, 2.05) is 48.7 Å². The van der Waals surface area contributed by atoms with E-state index in [0.717, 1.165) is 23.5 Å². The molecule has 1 atom stereocenters. The van der Waals surface area contributed by atoms with Crippen LogP contribution in [0.4, 0.5) is 5.69 Å². The summed E-state index contributed by atoms with van der Waals surface area (Å²) in [6, 6.07) is 14.1. The van der Waals surface area contributed by atoms with Crippen molar-refractivity contribution in [1.29, 1.82) is 0 Å². The van der Waals surface area contributed by atoms with E-state index in [1.165, 1.54) is 0 Å². The zero-order valence-corrected chi connectivity index (χ0v) is 9.93. The number of rotatable bonds is 4. The van der Waals surface area contributed by atoms with Crippen molar-refractivity contribution in [1.82, 2.24) is 10.3 Å². The van der Waals surface area contributed by atoms with Gasteiger partial charge in [-0.3, -0.25) is 4.98 Å². The number of nitrogens with zero attached hydrogens (tertiary/aromatic N) is 1. The van der Waals surface area contributed by atoms with Crippen molar-refractivity contribution in [2.75, 3.05) is 5.73 Å². The molecule has 88 valence electrons. The quantitative estimate of drug-likeness (QED) is 0.789. The lowest BCUT2D eigenvalue weighted by molar-refractivity contribution is 0.562. The number of nitrogens with two attached hydrogens (primary N) is 1. The molecule has 1 heterocycles. The van der Waals surface area contributed by atoms with Crippen molar-refractivity contribution in [3.05, 3.63) is 59.9 Å². The van der Waals surface area contributed by atoms with Crippen LogP contribution in [-0.4, -0.2) is 4.98 Å². The topological polar surface area (TPSA) is 50.9 Å². The number of benzene rings is 1. The lowest BCUT2D eigenvalue weighted by Gasteiger charge is -2.14. The van der Waals surface area contributed by atoms with Crippen LogP contribution in [0.5, 0.6) is 0 Å². The number of hydrogen-bond acceptors (Lipinski definition) is 3. The van der Waals surface area contributed by atoms with E-state index in [2.05, 4.69) is 17.2 Å². The molecule has 0 aliphatic heterocycles. The van der Waals surface area contributed by atoms with E-state index in [4.69, 9.17) is 5.73 Å². The average molecular weight is 227 g/mol. The van der Waals surface area contributed by atoms with E-state index in [1.54, 1.807) is 0 Å². The minimum absolute atomic E-state index is 0.218. The first-order valence-corrected chi connectivity index (χ1v) is 5.75. The third kappa shape index (κ3) is 3.04. The molecule has 3 nitrogen and oxygen atoms in total. The summed E-state index contributed by atoms with van der Waals surface area (Å²) in [7, 11) is 0. The molecule has 1 unspecified atom stereocenters. The minimum atomic E-state index is 0.218. The molecule has 17 heavy (non-hydrogen) atoms. The molecule has 0 fully saturated rings. The maximum Gasteiger partial charge on any atom is 0.0570 e. The van der Waals surface area contributed by atoms with Gasteiger partial charge in [-0.15, -0.1) is 0 Å². The molecule has 0 aliphatic rings. The van der Waals surface area contributed by atoms with Gasteiger partial charge in [0.05, 0.1) is 5.69 Å². The lowest BCUT2D eigenvalue weighted by atomic mass is 10.1. The maximum absolute atomic E-state index is 5.89. The first-order valence-electron chi connectivity index (χ1n) is 5.75. The van der Waals surface area contributed by atoms with Crippen molar-refractivity contribution in [2.45, 2.75) is 19.5 Å². The molecular formula is C14H17N3. The summed E-state index contributed by atoms with van der Waals surface area (Å²) in [5.41, 5.74) is 8.88. The highest BCUT2D eigenvalue weighted by Gasteiger charge is 2.06. The molecule has 1 aromatic heterocycles. The molecule has 3 heteroatoms. The van der Waals surface area contributed by atoms with Crippen LogP contribution in [0.2, 0.25) is 0 Å². The second-order valence-corrected chi connectivity index (χ2v) is 4.06. The average Bonchev–Trinajstić information content (AvgIpc) is 2.38. The van der Waals surface area contributed by atoms with Crippen LogP contribution in [0, 0.1) is 0 Å². The number of hydrogen-bond donors (Lipinski definition) is 2. The van der Waals surface area contributed by atoms with Crippen LogP contribution in [-0.2, 0) is 6.54 Å². The number of aromatic nitrogens is 1. The summed E-state index contributed by atoms with van der Waals surface area (Å²) in [5.74, 6) is 0. The molecule has 0 bridgehead atoms. The second-order valence-electron chi connectivity index (χ2n) is 4.06. The Labute approximate surface area is 102 Å². The summed E-state index contributed by atoms with van der Waals surface area (Å²) >= 11 is 0. The van der Waals surface area contributed by atoms with Gasteiger partial charge in [0.1, 0.15) is 0 Å². The Morgan fingerprint density at radius 2 is 1.94 bits per heavy atom. The number of pyridine rings is 1. The van der Waals surface area contributed by atoms with Crippen LogP contribution in [0.3, 0.4) is 0 Å². The number of anilines is 1. The Hall–Kier alpha value is -1.87. The van der Waals surface area contributed by atoms with E-state index in [9.17, 15) is 0 Å². The van der Waals surface area contributed by atoms with Gasteiger partial charge in [0.2, 0.25) is 0 Å². The molecule has 0 saturated heterocycles. The van der Waals surface area contributed by atoms with E-state index in [0.29, 0.717) is 0 Å². The smallest absolute Gasteiger partial charge is 0.0570 e. The Morgan fingerprint density at radius 1 is 1.18 bits per heavy atom. The molecule has 0 aliphatic carbocycles. The molecule has 1 aromatic carbocycles. The van der Waals surface area contributed by atoms with Gasteiger partial charge in [-0.25, -0.2) is 0 Å². The fourth-order valence-corrected chi connectivity index (χ4v) is 1.69. The van der Waals surface area contributed by atoms with Crippen molar-refractivity contribution in [3.8, 4) is 0 Å². The van der Waals surface area contributed by atoms with E-state index >= 15 is 0 Å². The summed E-state index contributed by atoms with van der Waals surface area (Å²) in [5, 5.41) is 3.41. The fraction of sp³-hybridized carbons (Fsp3) is 0.214. The van der Waals surface area contributed by atoms with Gasteiger partial charge in [-0.1, -0.05) is 24.3 Å². The first-order chi connectivity index (χ1) is 8.27. The number of para-hydroxylation sites is 1. The van der Waals surface area contributed by atoms with Crippen molar-refractivity contribution >= 4 is 5.69 Å². The Kier molecular flexibility index (Phi) is 3.73. The van der Waals surface area contributed by atoms with Crippen LogP contribution < -0.4 is 11.1 Å². The van der Waals surface area contributed by atoms with Gasteiger partial charge >= 0.3 is 0 Å². The first kappa shape index (κ1) is 11.6. The lowest BCUT2D eigenvalue weighted by Crippen LogP contribution is -2.19. The largest absolute Gasteiger partial charge is 0.398 e. The summed E-state index contributed by atoms with van der Waals surface area (Å²) in [4.78, 5) is 4.32. The normalized spacial score (nSPS) is 12.3. The molecule has 2 rings (SSSR count). The standard InChI is InChI=1S/C14H17N3/c1-11(14-8-4-5-9-16-14)17-10-12-6-2-3-7-13(12)15/h2-9,11,17H,10,15H2,1H3. The Balaban J connectivity index is 1.97. The molecule has 0 amide bonds. The molecule has 0 saturated carbocycles. The van der Waals surface area contributed by atoms with Crippen LogP contribution >= 0.6 is 0 Å². The number of nitrogens with one attached hydrogen (secondary N) is 1. The zero-order valence-electron chi connectivity index (χ0n) is 9.93. The van der Waals surface area contributed by atoms with Crippen LogP contribution in [0.15, 0.2) is 48.7 Å². The van der Waals surface area contributed by atoms with Crippen LogP contribution in [0.1, 0.15) is 24.2 Å². The van der Waals surface area contributed by atoms with Crippen molar-refractivity contribution in [3.63, 3.8) is 0 Å². The van der Waals surface area contributed by atoms with Gasteiger partial charge in [-0.05, 0) is 30.7 Å². The summed E-state index contributed by atoms with van der Waals surface area (Å²) < 4.78 is 0. The Morgan fingerprint density at radius 3 is 2.65 bits per heavy atom. The highest BCUT2D eigenvalue weighted by atomic mass is 14.9. The highest BCUT2D eigenvalue weighted by molar-refractivity contribution is 5.46. The van der Waals surface area contributed by atoms with Gasteiger partial charge in [-0.2, -0.15) is 0 Å². The van der Waals surface area contributed by atoms with Crippen molar-refractivity contribution < 1.29 is 0 Å². The van der Waals surface area contributed by atoms with Gasteiger partial charge < -0.3 is 11.1 Å². The maximum atomic E-state index is 5.89. The Bertz CT molecular complexity index is 468. The van der Waals surface area contributed by atoms with Crippen molar-refractivity contribution in [2.24, 2.45) is 0 Å². The predicted octanol–water partition coefficient (Wildman–Crippen LogP) is 2.51. The second kappa shape index (κ2) is 5.46. The molecule has 0 radical (unpaired) electrons. The summed E-state index contributed by atoms with van der Waals surface area (Å²) in [6.07, 6.45) is 1.81. The minimum Gasteiger partial charge on any atom is -0.398 e. The monoisotopic (exact) mass is 227 g/mol. The van der Waals surface area contributed by atoms with Gasteiger partial charge in [0, 0.05) is 24.5 Å². The van der Waals surface area contributed by atoms with Crippen LogP contribution in [0.25, 0.3) is 0 Å². The fourth-order valence-electron chi connectivity index (χ4n) is 1.69. The molecular weight excluding hydrogens is 210 g/mol. The molecule has 2 aromatic rings. The highest BCUT2D eigenvalue weighted by Crippen LogP contribution is 2.13. The van der Waals surface area contributed by atoms with Gasteiger partial charge in [0.25, 0.3) is 0 Å². The predicted molar refractivity (Wildman–Crippen MR) is 70.3 cm³/mol. The zero-order chi connectivity index (χ0) is 12.1. The van der Waals surface area contributed by atoms with E-state index in [-0.39, 0.29) is 6.04 Å².